The molecule has 0 bridgehead atoms. The molecule has 2 heteroatoms. The number of carboxylic acids is 1. The third kappa shape index (κ3) is 4.00. The molecule has 1 fully saturated rings. The second-order valence-corrected chi connectivity index (χ2v) is 6.39. The van der Waals surface area contributed by atoms with Crippen LogP contribution in [0.25, 0.3) is 0 Å². The van der Waals surface area contributed by atoms with E-state index in [9.17, 15) is 9.90 Å². The van der Waals surface area contributed by atoms with Gasteiger partial charge in [0.05, 0.1) is 5.41 Å². The van der Waals surface area contributed by atoms with Crippen LogP contribution in [-0.4, -0.2) is 11.1 Å². The van der Waals surface area contributed by atoms with E-state index in [1.807, 2.05) is 0 Å². The number of carbonyl (C=O) groups is 1. The molecule has 0 aliphatic heterocycles. The minimum absolute atomic E-state index is 0.402. The van der Waals surface area contributed by atoms with Crippen molar-refractivity contribution in [2.75, 3.05) is 0 Å². The van der Waals surface area contributed by atoms with Crippen molar-refractivity contribution in [3.8, 4) is 0 Å². The van der Waals surface area contributed by atoms with E-state index in [0.29, 0.717) is 11.8 Å². The lowest BCUT2D eigenvalue weighted by Gasteiger charge is -2.38. The molecule has 0 aromatic rings. The van der Waals surface area contributed by atoms with Gasteiger partial charge >= 0.3 is 5.97 Å². The second kappa shape index (κ2) is 7.16. The van der Waals surface area contributed by atoms with Gasteiger partial charge in [-0.2, -0.15) is 0 Å². The highest BCUT2D eigenvalue weighted by Crippen LogP contribution is 2.44. The lowest BCUT2D eigenvalue weighted by atomic mass is 9.66. The minimum atomic E-state index is -0.538. The maximum Gasteiger partial charge on any atom is 0.309 e. The lowest BCUT2D eigenvalue weighted by molar-refractivity contribution is -0.153. The van der Waals surface area contributed by atoms with Gasteiger partial charge in [0.25, 0.3) is 0 Å². The standard InChI is InChI=1S/C16H30O2/c1-4-6-7-14(5-2)12-16(15(17)18)10-8-13(3)9-11-16/h13-14H,4-12H2,1-3H3,(H,17,18). The first-order chi connectivity index (χ1) is 8.54. The van der Waals surface area contributed by atoms with Crippen molar-refractivity contribution in [3.05, 3.63) is 0 Å². The van der Waals surface area contributed by atoms with Crippen molar-refractivity contribution < 1.29 is 9.90 Å². The van der Waals surface area contributed by atoms with Crippen LogP contribution in [0.4, 0.5) is 0 Å². The van der Waals surface area contributed by atoms with Gasteiger partial charge in [0.1, 0.15) is 0 Å². The maximum absolute atomic E-state index is 11.7. The Labute approximate surface area is 112 Å². The summed E-state index contributed by atoms with van der Waals surface area (Å²) in [7, 11) is 0. The topological polar surface area (TPSA) is 37.3 Å². The van der Waals surface area contributed by atoms with Gasteiger partial charge < -0.3 is 5.11 Å². The fraction of sp³-hybridized carbons (Fsp3) is 0.938. The molecule has 1 aliphatic carbocycles. The summed E-state index contributed by atoms with van der Waals surface area (Å²) in [5.41, 5.74) is -0.402. The molecular formula is C16H30O2. The van der Waals surface area contributed by atoms with E-state index >= 15 is 0 Å². The molecule has 18 heavy (non-hydrogen) atoms. The molecule has 1 rings (SSSR count). The fourth-order valence-electron chi connectivity index (χ4n) is 3.32. The largest absolute Gasteiger partial charge is 0.481 e. The first-order valence-corrected chi connectivity index (χ1v) is 7.77. The highest BCUT2D eigenvalue weighted by molar-refractivity contribution is 5.74. The zero-order valence-corrected chi connectivity index (χ0v) is 12.4. The molecule has 1 atom stereocenters. The van der Waals surface area contributed by atoms with Gasteiger partial charge in [-0.05, 0) is 43.9 Å². The van der Waals surface area contributed by atoms with E-state index in [-0.39, 0.29) is 0 Å². The van der Waals surface area contributed by atoms with E-state index < -0.39 is 11.4 Å². The van der Waals surface area contributed by atoms with E-state index in [1.165, 1.54) is 19.3 Å². The summed E-state index contributed by atoms with van der Waals surface area (Å²) in [6.07, 6.45) is 9.68. The predicted molar refractivity (Wildman–Crippen MR) is 75.6 cm³/mol. The van der Waals surface area contributed by atoms with Crippen molar-refractivity contribution in [3.63, 3.8) is 0 Å². The highest BCUT2D eigenvalue weighted by atomic mass is 16.4. The van der Waals surface area contributed by atoms with Crippen LogP contribution in [0.5, 0.6) is 0 Å². The van der Waals surface area contributed by atoms with Crippen LogP contribution in [-0.2, 0) is 4.79 Å². The summed E-state index contributed by atoms with van der Waals surface area (Å²) in [6, 6.07) is 0. The van der Waals surface area contributed by atoms with Crippen molar-refractivity contribution in [1.29, 1.82) is 0 Å². The average Bonchev–Trinajstić information content (AvgIpc) is 2.37. The summed E-state index contributed by atoms with van der Waals surface area (Å²) in [5.74, 6) is 0.784. The van der Waals surface area contributed by atoms with Crippen LogP contribution in [0.1, 0.15) is 78.6 Å². The van der Waals surface area contributed by atoms with Crippen LogP contribution in [0.3, 0.4) is 0 Å². The molecule has 0 radical (unpaired) electrons. The van der Waals surface area contributed by atoms with Gasteiger partial charge in [0.15, 0.2) is 0 Å². The minimum Gasteiger partial charge on any atom is -0.481 e. The average molecular weight is 254 g/mol. The Morgan fingerprint density at radius 1 is 1.33 bits per heavy atom. The Morgan fingerprint density at radius 3 is 2.39 bits per heavy atom. The number of rotatable bonds is 7. The Hall–Kier alpha value is -0.530. The highest BCUT2D eigenvalue weighted by Gasteiger charge is 2.42. The van der Waals surface area contributed by atoms with Crippen molar-refractivity contribution in [1.82, 2.24) is 0 Å². The number of hydrogen-bond acceptors (Lipinski definition) is 1. The Morgan fingerprint density at radius 2 is 1.94 bits per heavy atom. The summed E-state index contributed by atoms with van der Waals surface area (Å²) >= 11 is 0. The maximum atomic E-state index is 11.7. The number of hydrogen-bond donors (Lipinski definition) is 1. The van der Waals surface area contributed by atoms with E-state index in [0.717, 1.165) is 38.5 Å². The predicted octanol–water partition coefficient (Wildman–Crippen LogP) is 4.87. The molecule has 2 nitrogen and oxygen atoms in total. The van der Waals surface area contributed by atoms with Crippen LogP contribution in [0.15, 0.2) is 0 Å². The van der Waals surface area contributed by atoms with Crippen LogP contribution < -0.4 is 0 Å². The number of aliphatic carboxylic acids is 1. The van der Waals surface area contributed by atoms with Gasteiger partial charge in [-0.25, -0.2) is 0 Å². The van der Waals surface area contributed by atoms with E-state index in [1.54, 1.807) is 0 Å². The number of carboxylic acid groups (broad SMARTS) is 1. The van der Waals surface area contributed by atoms with Gasteiger partial charge in [-0.1, -0.05) is 46.5 Å². The molecule has 1 aliphatic rings. The fourth-order valence-corrected chi connectivity index (χ4v) is 3.32. The smallest absolute Gasteiger partial charge is 0.309 e. The Bertz CT molecular complexity index is 252. The summed E-state index contributed by atoms with van der Waals surface area (Å²) in [5, 5.41) is 9.64. The molecule has 1 N–H and O–H groups in total. The first kappa shape index (κ1) is 15.5. The summed E-state index contributed by atoms with van der Waals surface area (Å²) in [6.45, 7) is 6.67. The molecule has 0 saturated heterocycles. The number of unbranched alkanes of at least 4 members (excludes halogenated alkanes) is 1. The molecule has 0 amide bonds. The van der Waals surface area contributed by atoms with Crippen molar-refractivity contribution >= 4 is 5.97 Å². The van der Waals surface area contributed by atoms with Gasteiger partial charge in [-0.3, -0.25) is 4.79 Å². The van der Waals surface area contributed by atoms with Crippen LogP contribution in [0.2, 0.25) is 0 Å². The molecule has 1 unspecified atom stereocenters. The molecule has 0 aromatic heterocycles. The van der Waals surface area contributed by atoms with E-state index in [2.05, 4.69) is 20.8 Å². The van der Waals surface area contributed by atoms with Crippen LogP contribution in [0, 0.1) is 17.3 Å². The SMILES string of the molecule is CCCCC(CC)CC1(C(=O)O)CCC(C)CC1. The third-order valence-corrected chi connectivity index (χ3v) is 4.91. The quantitative estimate of drug-likeness (QED) is 0.703. The van der Waals surface area contributed by atoms with Gasteiger partial charge in [0.2, 0.25) is 0 Å². The molecule has 0 spiro atoms. The van der Waals surface area contributed by atoms with Gasteiger partial charge in [-0.15, -0.1) is 0 Å². The normalized spacial score (nSPS) is 30.1. The summed E-state index contributed by atoms with van der Waals surface area (Å²) < 4.78 is 0. The molecule has 106 valence electrons. The van der Waals surface area contributed by atoms with Crippen molar-refractivity contribution in [2.45, 2.75) is 78.6 Å². The molecule has 0 aromatic carbocycles. The Kier molecular flexibility index (Phi) is 6.17. The molecular weight excluding hydrogens is 224 g/mol. The molecule has 1 saturated carbocycles. The van der Waals surface area contributed by atoms with Crippen LogP contribution >= 0.6 is 0 Å². The monoisotopic (exact) mass is 254 g/mol. The zero-order chi connectivity index (χ0) is 13.6. The van der Waals surface area contributed by atoms with Crippen molar-refractivity contribution in [2.24, 2.45) is 17.3 Å². The Balaban J connectivity index is 2.64. The summed E-state index contributed by atoms with van der Waals surface area (Å²) in [4.78, 5) is 11.7. The lowest BCUT2D eigenvalue weighted by Crippen LogP contribution is -2.37. The zero-order valence-electron chi connectivity index (χ0n) is 12.4. The first-order valence-electron chi connectivity index (χ1n) is 7.77. The second-order valence-electron chi connectivity index (χ2n) is 6.39. The third-order valence-electron chi connectivity index (χ3n) is 4.91. The van der Waals surface area contributed by atoms with Gasteiger partial charge in [0, 0.05) is 0 Å². The molecule has 0 heterocycles. The van der Waals surface area contributed by atoms with E-state index in [4.69, 9.17) is 0 Å².